The maximum atomic E-state index is 11.9. The van der Waals surface area contributed by atoms with E-state index in [9.17, 15) is 4.79 Å². The third-order valence-corrected chi connectivity index (χ3v) is 4.23. The van der Waals surface area contributed by atoms with Gasteiger partial charge >= 0.3 is 0 Å². The number of amides is 1. The van der Waals surface area contributed by atoms with Crippen LogP contribution in [-0.4, -0.2) is 19.6 Å². The summed E-state index contributed by atoms with van der Waals surface area (Å²) in [5, 5.41) is 0. The number of nitrogens with one attached hydrogen (secondary N) is 2. The third-order valence-electron chi connectivity index (χ3n) is 3.18. The van der Waals surface area contributed by atoms with Gasteiger partial charge in [0.2, 0.25) is 0 Å². The smallest absolute Gasteiger partial charge is 0.276 e. The maximum Gasteiger partial charge on any atom is 0.276 e. The van der Waals surface area contributed by atoms with Crippen molar-refractivity contribution in [3.8, 4) is 11.5 Å². The van der Waals surface area contributed by atoms with E-state index in [1.807, 2.05) is 42.5 Å². The van der Waals surface area contributed by atoms with E-state index in [1.165, 1.54) is 7.11 Å². The molecule has 0 saturated carbocycles. The Balaban J connectivity index is 1.82. The van der Waals surface area contributed by atoms with Gasteiger partial charge in [-0.3, -0.25) is 15.6 Å². The zero-order valence-electron chi connectivity index (χ0n) is 14.1. The van der Waals surface area contributed by atoms with Crippen molar-refractivity contribution in [2.75, 3.05) is 13.7 Å². The zero-order chi connectivity index (χ0) is 18.9. The minimum atomic E-state index is -0.351. The van der Waals surface area contributed by atoms with E-state index in [4.69, 9.17) is 9.47 Å². The minimum absolute atomic E-state index is 0.181. The Bertz CT molecular complexity index is 808. The molecule has 2 aromatic rings. The van der Waals surface area contributed by atoms with Gasteiger partial charge in [0.15, 0.2) is 18.1 Å². The largest absolute Gasteiger partial charge is 0.493 e. The van der Waals surface area contributed by atoms with Crippen LogP contribution in [0.3, 0.4) is 0 Å². The first-order chi connectivity index (χ1) is 12.5. The van der Waals surface area contributed by atoms with Crippen LogP contribution in [-0.2, 0) is 4.79 Å². The van der Waals surface area contributed by atoms with Crippen LogP contribution in [0.25, 0.3) is 6.08 Å². The van der Waals surface area contributed by atoms with Crippen molar-refractivity contribution >= 4 is 43.8 Å². The van der Waals surface area contributed by atoms with Crippen molar-refractivity contribution in [1.82, 2.24) is 10.9 Å². The van der Waals surface area contributed by atoms with Gasteiger partial charge in [0.05, 0.1) is 11.6 Å². The molecule has 2 rings (SSSR count). The molecule has 0 spiro atoms. The van der Waals surface area contributed by atoms with Crippen molar-refractivity contribution < 1.29 is 14.3 Å². The van der Waals surface area contributed by atoms with E-state index in [0.717, 1.165) is 10.0 Å². The molecule has 7 heteroatoms. The molecular weight excluding hydrogens is 464 g/mol. The van der Waals surface area contributed by atoms with Crippen molar-refractivity contribution in [1.29, 1.82) is 0 Å². The van der Waals surface area contributed by atoms with E-state index in [0.29, 0.717) is 21.7 Å². The molecule has 2 N–H and O–H groups in total. The van der Waals surface area contributed by atoms with E-state index >= 15 is 0 Å². The SMILES string of the molecule is C=C(C=Cc1ccccc1)NNC(=O)COc1c(Br)cc(Br)cc1OC. The summed E-state index contributed by atoms with van der Waals surface area (Å²) in [5.74, 6) is 0.618. The number of benzene rings is 2. The van der Waals surface area contributed by atoms with Gasteiger partial charge in [0.25, 0.3) is 5.91 Å². The Morgan fingerprint density at radius 3 is 2.62 bits per heavy atom. The standard InChI is InChI=1S/C19H18Br2N2O3/c1-13(8-9-14-6-4-3-5-7-14)22-23-18(24)12-26-19-16(21)10-15(20)11-17(19)25-2/h3-11,22H,1,12H2,2H3,(H,23,24). The Labute approximate surface area is 169 Å². The highest BCUT2D eigenvalue weighted by atomic mass is 79.9. The fourth-order valence-electron chi connectivity index (χ4n) is 1.95. The lowest BCUT2D eigenvalue weighted by molar-refractivity contribution is -0.123. The minimum Gasteiger partial charge on any atom is -0.493 e. The molecule has 0 aliphatic heterocycles. The molecule has 1 amide bonds. The van der Waals surface area contributed by atoms with Crippen LogP contribution >= 0.6 is 31.9 Å². The van der Waals surface area contributed by atoms with Gasteiger partial charge in [-0.05, 0) is 39.7 Å². The van der Waals surface area contributed by atoms with Crippen LogP contribution in [0.1, 0.15) is 5.56 Å². The number of ether oxygens (including phenoxy) is 2. The molecule has 0 aliphatic rings. The summed E-state index contributed by atoms with van der Waals surface area (Å²) < 4.78 is 12.3. The van der Waals surface area contributed by atoms with Crippen LogP contribution in [0.2, 0.25) is 0 Å². The second-order valence-corrected chi connectivity index (χ2v) is 6.92. The van der Waals surface area contributed by atoms with Crippen molar-refractivity contribution in [2.24, 2.45) is 0 Å². The normalized spacial score (nSPS) is 10.4. The summed E-state index contributed by atoms with van der Waals surface area (Å²) in [6.45, 7) is 3.64. The molecule has 0 radical (unpaired) electrons. The number of hydrogen-bond donors (Lipinski definition) is 2. The predicted molar refractivity (Wildman–Crippen MR) is 110 cm³/mol. The number of hydrazine groups is 1. The summed E-state index contributed by atoms with van der Waals surface area (Å²) in [6, 6.07) is 13.4. The van der Waals surface area contributed by atoms with Crippen molar-refractivity contribution in [3.63, 3.8) is 0 Å². The van der Waals surface area contributed by atoms with Gasteiger partial charge in [-0.25, -0.2) is 0 Å². The Hall–Kier alpha value is -2.25. The molecule has 0 atom stereocenters. The quantitative estimate of drug-likeness (QED) is 0.432. The Kier molecular flexibility index (Phi) is 7.74. The number of rotatable bonds is 8. The molecule has 0 aliphatic carbocycles. The average Bonchev–Trinajstić information content (AvgIpc) is 2.64. The number of carbonyl (C=O) groups is 1. The molecule has 0 saturated heterocycles. The molecular formula is C19H18Br2N2O3. The van der Waals surface area contributed by atoms with Crippen LogP contribution in [0.4, 0.5) is 0 Å². The van der Waals surface area contributed by atoms with Gasteiger partial charge in [0.1, 0.15) is 0 Å². The third kappa shape index (κ3) is 6.24. The first-order valence-electron chi connectivity index (χ1n) is 7.62. The summed E-state index contributed by atoms with van der Waals surface area (Å²) in [7, 11) is 1.53. The summed E-state index contributed by atoms with van der Waals surface area (Å²) >= 11 is 6.76. The molecule has 5 nitrogen and oxygen atoms in total. The second-order valence-electron chi connectivity index (χ2n) is 5.15. The van der Waals surface area contributed by atoms with Crippen LogP contribution < -0.4 is 20.3 Å². The lowest BCUT2D eigenvalue weighted by Gasteiger charge is -2.13. The lowest BCUT2D eigenvalue weighted by Crippen LogP contribution is -2.39. The average molecular weight is 482 g/mol. The van der Waals surface area contributed by atoms with Crippen LogP contribution in [0.5, 0.6) is 11.5 Å². The Morgan fingerprint density at radius 2 is 1.92 bits per heavy atom. The number of halogens is 2. The van der Waals surface area contributed by atoms with E-state index in [1.54, 1.807) is 12.1 Å². The van der Waals surface area contributed by atoms with Crippen molar-refractivity contribution in [3.05, 3.63) is 75.3 Å². The molecule has 2 aromatic carbocycles. The highest BCUT2D eigenvalue weighted by Gasteiger charge is 2.12. The van der Waals surface area contributed by atoms with Gasteiger partial charge < -0.3 is 9.47 Å². The van der Waals surface area contributed by atoms with E-state index in [2.05, 4.69) is 49.3 Å². The monoisotopic (exact) mass is 480 g/mol. The maximum absolute atomic E-state index is 11.9. The Morgan fingerprint density at radius 1 is 1.19 bits per heavy atom. The predicted octanol–water partition coefficient (Wildman–Crippen LogP) is 4.45. The molecule has 0 fully saturated rings. The molecule has 0 aromatic heterocycles. The van der Waals surface area contributed by atoms with Crippen LogP contribution in [0, 0.1) is 0 Å². The van der Waals surface area contributed by atoms with E-state index < -0.39 is 0 Å². The van der Waals surface area contributed by atoms with E-state index in [-0.39, 0.29) is 12.5 Å². The topological polar surface area (TPSA) is 59.6 Å². The number of hydrogen-bond acceptors (Lipinski definition) is 4. The first-order valence-corrected chi connectivity index (χ1v) is 9.21. The fraction of sp³-hybridized carbons (Fsp3) is 0.105. The summed E-state index contributed by atoms with van der Waals surface area (Å²) in [6.07, 6.45) is 3.66. The van der Waals surface area contributed by atoms with Crippen molar-refractivity contribution in [2.45, 2.75) is 0 Å². The van der Waals surface area contributed by atoms with Gasteiger partial charge in [-0.15, -0.1) is 0 Å². The number of allylic oxidation sites excluding steroid dienone is 1. The highest BCUT2D eigenvalue weighted by Crippen LogP contribution is 2.38. The second kappa shape index (κ2) is 10.0. The summed E-state index contributed by atoms with van der Waals surface area (Å²) in [4.78, 5) is 11.9. The van der Waals surface area contributed by atoms with Gasteiger partial charge in [0, 0.05) is 10.2 Å². The van der Waals surface area contributed by atoms with Crippen LogP contribution in [0.15, 0.2) is 69.8 Å². The van der Waals surface area contributed by atoms with Gasteiger partial charge in [-0.1, -0.05) is 58.9 Å². The zero-order valence-corrected chi connectivity index (χ0v) is 17.3. The molecule has 0 heterocycles. The number of methoxy groups -OCH3 is 1. The first kappa shape index (κ1) is 20.1. The molecule has 26 heavy (non-hydrogen) atoms. The molecule has 0 unspecified atom stereocenters. The summed E-state index contributed by atoms with van der Waals surface area (Å²) in [5.41, 5.74) is 6.84. The molecule has 0 bridgehead atoms. The highest BCUT2D eigenvalue weighted by molar-refractivity contribution is 9.11. The van der Waals surface area contributed by atoms with Gasteiger partial charge in [-0.2, -0.15) is 0 Å². The lowest BCUT2D eigenvalue weighted by atomic mass is 10.2. The number of carbonyl (C=O) groups excluding carboxylic acids is 1. The fourth-order valence-corrected chi connectivity index (χ4v) is 3.26. The molecule has 136 valence electrons.